The van der Waals surface area contributed by atoms with Gasteiger partial charge in [-0.1, -0.05) is 56.7 Å². The normalized spacial score (nSPS) is 17.2. The van der Waals surface area contributed by atoms with Gasteiger partial charge in [0.1, 0.15) is 0 Å². The van der Waals surface area contributed by atoms with Crippen LogP contribution in [0.15, 0.2) is 30.5 Å². The lowest BCUT2D eigenvalue weighted by atomic mass is 9.96. The first-order valence-electron chi connectivity index (χ1n) is 9.06. The number of hydrogen-bond donors (Lipinski definition) is 1. The molecule has 2 nitrogen and oxygen atoms in total. The molecule has 0 saturated heterocycles. The highest BCUT2D eigenvalue weighted by Gasteiger charge is 2.13. The van der Waals surface area contributed by atoms with Crippen molar-refractivity contribution in [3.63, 3.8) is 0 Å². The molecule has 0 atom stereocenters. The molecule has 0 aliphatic heterocycles. The molecule has 1 heterocycles. The second-order valence-electron chi connectivity index (χ2n) is 7.06. The molecule has 1 aromatic heterocycles. The number of nitrogens with zero attached hydrogens (tertiary/aromatic N) is 1. The molecule has 1 aromatic carbocycles. The van der Waals surface area contributed by atoms with Crippen LogP contribution in [0.5, 0.6) is 0 Å². The third kappa shape index (κ3) is 4.13. The number of nitrogens with one attached hydrogen (secondary N) is 1. The molecule has 22 heavy (non-hydrogen) atoms. The quantitative estimate of drug-likeness (QED) is 0.743. The van der Waals surface area contributed by atoms with Crippen molar-refractivity contribution in [3.05, 3.63) is 36.0 Å². The molecule has 1 aliphatic carbocycles. The molecule has 3 rings (SSSR count). The van der Waals surface area contributed by atoms with E-state index in [1.807, 2.05) is 0 Å². The van der Waals surface area contributed by atoms with E-state index in [0.29, 0.717) is 0 Å². The van der Waals surface area contributed by atoms with E-state index in [0.717, 1.165) is 18.9 Å². The van der Waals surface area contributed by atoms with E-state index in [2.05, 4.69) is 47.4 Å². The maximum absolute atomic E-state index is 3.38. The summed E-state index contributed by atoms with van der Waals surface area (Å²) < 4.78 is 0. The minimum absolute atomic E-state index is 0.984. The van der Waals surface area contributed by atoms with E-state index in [1.54, 1.807) is 0 Å². The van der Waals surface area contributed by atoms with Gasteiger partial charge in [-0.15, -0.1) is 0 Å². The van der Waals surface area contributed by atoms with Crippen LogP contribution in [-0.2, 0) is 6.42 Å². The lowest BCUT2D eigenvalue weighted by molar-refractivity contribution is 0.291. The third-order valence-corrected chi connectivity index (χ3v) is 5.33. The van der Waals surface area contributed by atoms with Gasteiger partial charge in [-0.05, 0) is 44.0 Å². The van der Waals surface area contributed by atoms with Crippen LogP contribution in [0.2, 0.25) is 0 Å². The third-order valence-electron chi connectivity index (χ3n) is 5.33. The fourth-order valence-electron chi connectivity index (χ4n) is 3.82. The number of benzene rings is 1. The topological polar surface area (TPSA) is 19.0 Å². The highest BCUT2D eigenvalue weighted by Crippen LogP contribution is 2.25. The number of aromatic nitrogens is 1. The summed E-state index contributed by atoms with van der Waals surface area (Å²) in [6, 6.07) is 8.62. The fraction of sp³-hybridized carbons (Fsp3) is 0.600. The number of likely N-dealkylation sites (N-methyl/N-ethyl adjacent to an activating group) is 1. The Morgan fingerprint density at radius 2 is 1.82 bits per heavy atom. The van der Waals surface area contributed by atoms with E-state index < -0.39 is 0 Å². The fourth-order valence-corrected chi connectivity index (χ4v) is 3.82. The highest BCUT2D eigenvalue weighted by molar-refractivity contribution is 5.83. The van der Waals surface area contributed by atoms with Crippen molar-refractivity contribution >= 4 is 10.9 Å². The molecule has 1 fully saturated rings. The number of aromatic amines is 1. The van der Waals surface area contributed by atoms with E-state index in [4.69, 9.17) is 0 Å². The number of para-hydroxylation sites is 1. The van der Waals surface area contributed by atoms with Crippen LogP contribution in [0.1, 0.15) is 50.5 Å². The number of H-pyrrole nitrogens is 1. The van der Waals surface area contributed by atoms with Gasteiger partial charge in [0, 0.05) is 23.6 Å². The van der Waals surface area contributed by atoms with E-state index in [1.165, 1.54) is 68.0 Å². The molecular formula is C20H30N2. The molecule has 2 heteroatoms. The second-order valence-corrected chi connectivity index (χ2v) is 7.06. The Balaban J connectivity index is 1.44. The van der Waals surface area contributed by atoms with Gasteiger partial charge in [0.25, 0.3) is 0 Å². The van der Waals surface area contributed by atoms with Crippen LogP contribution in [0.4, 0.5) is 0 Å². The maximum Gasteiger partial charge on any atom is 0.0456 e. The SMILES string of the molecule is CN(CCc1c[nH]c2ccccc12)CCC1CCCCCC1. The average Bonchev–Trinajstić information content (AvgIpc) is 2.77. The molecule has 0 spiro atoms. The van der Waals surface area contributed by atoms with Crippen LogP contribution in [0.25, 0.3) is 10.9 Å². The standard InChI is InChI=1S/C20H30N2/c1-22(14-12-17-8-4-2-3-5-9-17)15-13-18-16-21-20-11-7-6-10-19(18)20/h6-7,10-11,16-17,21H,2-5,8-9,12-15H2,1H3. The Kier molecular flexibility index (Phi) is 5.55. The zero-order valence-corrected chi connectivity index (χ0v) is 14.0. The maximum atomic E-state index is 3.38. The van der Waals surface area contributed by atoms with Crippen molar-refractivity contribution in [1.29, 1.82) is 0 Å². The van der Waals surface area contributed by atoms with Crippen molar-refractivity contribution in [2.45, 2.75) is 51.4 Å². The zero-order valence-electron chi connectivity index (χ0n) is 14.0. The van der Waals surface area contributed by atoms with E-state index >= 15 is 0 Å². The predicted octanol–water partition coefficient (Wildman–Crippen LogP) is 5.00. The molecule has 1 N–H and O–H groups in total. The average molecular weight is 298 g/mol. The monoisotopic (exact) mass is 298 g/mol. The summed E-state index contributed by atoms with van der Waals surface area (Å²) in [5.74, 6) is 0.984. The van der Waals surface area contributed by atoms with Crippen molar-refractivity contribution in [3.8, 4) is 0 Å². The van der Waals surface area contributed by atoms with Crippen LogP contribution >= 0.6 is 0 Å². The minimum Gasteiger partial charge on any atom is -0.361 e. The lowest BCUT2D eigenvalue weighted by Gasteiger charge is -2.20. The van der Waals surface area contributed by atoms with Gasteiger partial charge in [0.2, 0.25) is 0 Å². The summed E-state index contributed by atoms with van der Waals surface area (Å²) in [6.07, 6.45) is 13.5. The van der Waals surface area contributed by atoms with Crippen LogP contribution < -0.4 is 0 Å². The summed E-state index contributed by atoms with van der Waals surface area (Å²) in [5.41, 5.74) is 2.72. The summed E-state index contributed by atoms with van der Waals surface area (Å²) in [7, 11) is 2.28. The van der Waals surface area contributed by atoms with Gasteiger partial charge in [0.15, 0.2) is 0 Å². The minimum atomic E-state index is 0.984. The van der Waals surface area contributed by atoms with Gasteiger partial charge in [0.05, 0.1) is 0 Å². The van der Waals surface area contributed by atoms with Crippen molar-refractivity contribution < 1.29 is 0 Å². The van der Waals surface area contributed by atoms with Crippen molar-refractivity contribution in [1.82, 2.24) is 9.88 Å². The Bertz CT molecular complexity index is 564. The molecule has 1 aliphatic rings. The van der Waals surface area contributed by atoms with E-state index in [9.17, 15) is 0 Å². The molecular weight excluding hydrogens is 268 g/mol. The molecule has 120 valence electrons. The Morgan fingerprint density at radius 1 is 1.05 bits per heavy atom. The second kappa shape index (κ2) is 7.82. The predicted molar refractivity (Wildman–Crippen MR) is 95.3 cm³/mol. The summed E-state index contributed by atoms with van der Waals surface area (Å²) in [4.78, 5) is 5.90. The first-order valence-corrected chi connectivity index (χ1v) is 9.06. The molecule has 1 saturated carbocycles. The first kappa shape index (κ1) is 15.6. The molecule has 2 aromatic rings. The first-order chi connectivity index (χ1) is 10.8. The molecule has 0 amide bonds. The van der Waals surface area contributed by atoms with Gasteiger partial charge >= 0.3 is 0 Å². The van der Waals surface area contributed by atoms with Crippen LogP contribution in [0.3, 0.4) is 0 Å². The number of rotatable bonds is 6. The summed E-state index contributed by atoms with van der Waals surface area (Å²) in [5, 5.41) is 1.39. The smallest absolute Gasteiger partial charge is 0.0456 e. The van der Waals surface area contributed by atoms with Crippen molar-refractivity contribution in [2.24, 2.45) is 5.92 Å². The Morgan fingerprint density at radius 3 is 2.64 bits per heavy atom. The zero-order chi connectivity index (χ0) is 15.2. The Labute approximate surface area is 134 Å². The summed E-state index contributed by atoms with van der Waals surface area (Å²) >= 11 is 0. The molecule has 0 unspecified atom stereocenters. The lowest BCUT2D eigenvalue weighted by Crippen LogP contribution is -2.24. The van der Waals surface area contributed by atoms with Crippen molar-refractivity contribution in [2.75, 3.05) is 20.1 Å². The van der Waals surface area contributed by atoms with Gasteiger partial charge in [-0.3, -0.25) is 0 Å². The van der Waals surface area contributed by atoms with Gasteiger partial charge in [-0.2, -0.15) is 0 Å². The van der Waals surface area contributed by atoms with Gasteiger partial charge < -0.3 is 9.88 Å². The number of fused-ring (bicyclic) bond motifs is 1. The number of hydrogen-bond acceptors (Lipinski definition) is 1. The largest absolute Gasteiger partial charge is 0.361 e. The van der Waals surface area contributed by atoms with E-state index in [-0.39, 0.29) is 0 Å². The van der Waals surface area contributed by atoms with Crippen LogP contribution in [0, 0.1) is 5.92 Å². The Hall–Kier alpha value is -1.28. The van der Waals surface area contributed by atoms with Crippen LogP contribution in [-0.4, -0.2) is 30.0 Å². The molecule has 0 radical (unpaired) electrons. The summed E-state index contributed by atoms with van der Waals surface area (Å²) in [6.45, 7) is 2.42. The highest BCUT2D eigenvalue weighted by atomic mass is 15.1. The molecule has 0 bridgehead atoms. The van der Waals surface area contributed by atoms with Gasteiger partial charge in [-0.25, -0.2) is 0 Å².